The van der Waals surface area contributed by atoms with E-state index in [1.807, 2.05) is 32.9 Å². The molecule has 0 radical (unpaired) electrons. The average molecular weight is 272 g/mol. The fourth-order valence-electron chi connectivity index (χ4n) is 1.90. The van der Waals surface area contributed by atoms with Crippen molar-refractivity contribution in [1.82, 2.24) is 5.32 Å². The SMILES string of the molecule is CCC(CO)NC(C)C(O)c1ccc(Cl)c(C)c1. The van der Waals surface area contributed by atoms with Crippen molar-refractivity contribution < 1.29 is 10.2 Å². The van der Waals surface area contributed by atoms with Crippen molar-refractivity contribution in [2.24, 2.45) is 0 Å². The van der Waals surface area contributed by atoms with E-state index in [0.717, 1.165) is 17.5 Å². The number of rotatable bonds is 6. The molecule has 3 N–H and O–H groups in total. The minimum atomic E-state index is -0.610. The highest BCUT2D eigenvalue weighted by Crippen LogP contribution is 2.23. The first-order valence-corrected chi connectivity index (χ1v) is 6.68. The summed E-state index contributed by atoms with van der Waals surface area (Å²) in [6.07, 6.45) is 0.217. The van der Waals surface area contributed by atoms with Gasteiger partial charge in [-0.1, -0.05) is 30.7 Å². The highest BCUT2D eigenvalue weighted by Gasteiger charge is 2.19. The summed E-state index contributed by atoms with van der Waals surface area (Å²) < 4.78 is 0. The van der Waals surface area contributed by atoms with Crippen LogP contribution in [-0.2, 0) is 0 Å². The van der Waals surface area contributed by atoms with Crippen LogP contribution >= 0.6 is 11.6 Å². The highest BCUT2D eigenvalue weighted by atomic mass is 35.5. The second-order valence-corrected chi connectivity index (χ2v) is 5.10. The van der Waals surface area contributed by atoms with Crippen LogP contribution in [0.3, 0.4) is 0 Å². The Bertz CT molecular complexity index is 380. The summed E-state index contributed by atoms with van der Waals surface area (Å²) in [5.41, 5.74) is 1.79. The van der Waals surface area contributed by atoms with E-state index in [4.69, 9.17) is 16.7 Å². The third kappa shape index (κ3) is 3.95. The smallest absolute Gasteiger partial charge is 0.0940 e. The first kappa shape index (κ1) is 15.4. The van der Waals surface area contributed by atoms with Gasteiger partial charge in [0.15, 0.2) is 0 Å². The largest absolute Gasteiger partial charge is 0.395 e. The zero-order valence-electron chi connectivity index (χ0n) is 11.2. The molecule has 4 heteroatoms. The summed E-state index contributed by atoms with van der Waals surface area (Å²) >= 11 is 5.96. The van der Waals surface area contributed by atoms with Crippen LogP contribution in [0.15, 0.2) is 18.2 Å². The van der Waals surface area contributed by atoms with Gasteiger partial charge in [0.2, 0.25) is 0 Å². The van der Waals surface area contributed by atoms with Gasteiger partial charge in [0.1, 0.15) is 0 Å². The number of halogens is 1. The van der Waals surface area contributed by atoms with Gasteiger partial charge in [0.05, 0.1) is 12.7 Å². The normalized spacial score (nSPS) is 16.3. The molecule has 3 unspecified atom stereocenters. The van der Waals surface area contributed by atoms with Crippen molar-refractivity contribution >= 4 is 11.6 Å². The van der Waals surface area contributed by atoms with Crippen molar-refractivity contribution in [3.63, 3.8) is 0 Å². The molecule has 0 heterocycles. The maximum Gasteiger partial charge on any atom is 0.0940 e. The van der Waals surface area contributed by atoms with Gasteiger partial charge in [-0.15, -0.1) is 0 Å². The van der Waals surface area contributed by atoms with E-state index in [0.29, 0.717) is 5.02 Å². The van der Waals surface area contributed by atoms with E-state index in [1.165, 1.54) is 0 Å². The van der Waals surface area contributed by atoms with Crippen molar-refractivity contribution in [3.05, 3.63) is 34.3 Å². The molecule has 3 nitrogen and oxygen atoms in total. The summed E-state index contributed by atoms with van der Waals surface area (Å²) in [5, 5.41) is 23.3. The van der Waals surface area contributed by atoms with Gasteiger partial charge in [-0.05, 0) is 37.5 Å². The standard InChI is InChI=1S/C14H22ClNO2/c1-4-12(8-17)16-10(3)14(18)11-5-6-13(15)9(2)7-11/h5-7,10,12,14,16-18H,4,8H2,1-3H3. The predicted molar refractivity (Wildman–Crippen MR) is 74.9 cm³/mol. The Morgan fingerprint density at radius 3 is 2.56 bits per heavy atom. The summed E-state index contributed by atoms with van der Waals surface area (Å²) in [7, 11) is 0. The van der Waals surface area contributed by atoms with Crippen LogP contribution in [-0.4, -0.2) is 28.9 Å². The van der Waals surface area contributed by atoms with Crippen LogP contribution in [0.25, 0.3) is 0 Å². The lowest BCUT2D eigenvalue weighted by atomic mass is 10.0. The van der Waals surface area contributed by atoms with Gasteiger partial charge < -0.3 is 15.5 Å². The molecule has 0 aliphatic rings. The Hall–Kier alpha value is -0.610. The highest BCUT2D eigenvalue weighted by molar-refractivity contribution is 6.31. The maximum absolute atomic E-state index is 10.3. The Balaban J connectivity index is 2.73. The van der Waals surface area contributed by atoms with E-state index >= 15 is 0 Å². The van der Waals surface area contributed by atoms with Gasteiger partial charge in [0, 0.05) is 17.1 Å². The molecule has 0 amide bonds. The quantitative estimate of drug-likeness (QED) is 0.745. The Morgan fingerprint density at radius 2 is 2.06 bits per heavy atom. The molecule has 0 aromatic heterocycles. The zero-order valence-corrected chi connectivity index (χ0v) is 11.9. The molecule has 3 atom stereocenters. The van der Waals surface area contributed by atoms with Crippen molar-refractivity contribution in [3.8, 4) is 0 Å². The Labute approximate surface area is 114 Å². The monoisotopic (exact) mass is 271 g/mol. The molecule has 1 aromatic carbocycles. The topological polar surface area (TPSA) is 52.5 Å². The van der Waals surface area contributed by atoms with E-state index < -0.39 is 6.10 Å². The predicted octanol–water partition coefficient (Wildman–Crippen LogP) is 2.43. The molecule has 1 aromatic rings. The lowest BCUT2D eigenvalue weighted by Gasteiger charge is -2.25. The summed E-state index contributed by atoms with van der Waals surface area (Å²) in [6.45, 7) is 5.90. The Morgan fingerprint density at radius 1 is 1.39 bits per heavy atom. The molecule has 102 valence electrons. The average Bonchev–Trinajstić information content (AvgIpc) is 2.38. The Kier molecular flexibility index (Phi) is 6.09. The second-order valence-electron chi connectivity index (χ2n) is 4.70. The van der Waals surface area contributed by atoms with Crippen molar-refractivity contribution in [2.75, 3.05) is 6.61 Å². The van der Waals surface area contributed by atoms with Crippen LogP contribution in [0, 0.1) is 6.92 Å². The van der Waals surface area contributed by atoms with Crippen LogP contribution in [0.5, 0.6) is 0 Å². The molecule has 0 spiro atoms. The van der Waals surface area contributed by atoms with Gasteiger partial charge >= 0.3 is 0 Å². The van der Waals surface area contributed by atoms with Crippen molar-refractivity contribution in [2.45, 2.75) is 45.4 Å². The fraction of sp³-hybridized carbons (Fsp3) is 0.571. The second kappa shape index (κ2) is 7.10. The minimum absolute atomic E-state index is 0.0167. The molecular formula is C14H22ClNO2. The molecule has 1 rings (SSSR count). The van der Waals surface area contributed by atoms with E-state index in [1.54, 1.807) is 6.07 Å². The molecule has 0 saturated carbocycles. The number of benzene rings is 1. The fourth-order valence-corrected chi connectivity index (χ4v) is 2.02. The third-order valence-corrected chi connectivity index (χ3v) is 3.63. The van der Waals surface area contributed by atoms with Crippen LogP contribution in [0.1, 0.15) is 37.5 Å². The molecule has 0 saturated heterocycles. The number of aliphatic hydroxyl groups excluding tert-OH is 2. The van der Waals surface area contributed by atoms with Crippen LogP contribution in [0.4, 0.5) is 0 Å². The van der Waals surface area contributed by atoms with E-state index in [2.05, 4.69) is 5.32 Å². The van der Waals surface area contributed by atoms with Crippen LogP contribution in [0.2, 0.25) is 5.02 Å². The molecular weight excluding hydrogens is 250 g/mol. The van der Waals surface area contributed by atoms with Gasteiger partial charge in [0.25, 0.3) is 0 Å². The maximum atomic E-state index is 10.3. The van der Waals surface area contributed by atoms with Crippen LogP contribution < -0.4 is 5.32 Å². The number of aliphatic hydroxyl groups is 2. The lowest BCUT2D eigenvalue weighted by Crippen LogP contribution is -2.41. The number of nitrogens with one attached hydrogen (secondary N) is 1. The first-order valence-electron chi connectivity index (χ1n) is 6.30. The summed E-state index contributed by atoms with van der Waals surface area (Å²) in [6, 6.07) is 5.42. The molecule has 0 bridgehead atoms. The van der Waals surface area contributed by atoms with E-state index in [9.17, 15) is 5.11 Å². The number of hydrogen-bond acceptors (Lipinski definition) is 3. The third-order valence-electron chi connectivity index (χ3n) is 3.21. The van der Waals surface area contributed by atoms with Gasteiger partial charge in [-0.2, -0.15) is 0 Å². The first-order chi connectivity index (χ1) is 8.49. The summed E-state index contributed by atoms with van der Waals surface area (Å²) in [5.74, 6) is 0. The molecule has 18 heavy (non-hydrogen) atoms. The summed E-state index contributed by atoms with van der Waals surface area (Å²) in [4.78, 5) is 0. The number of aryl methyl sites for hydroxylation is 1. The number of hydrogen-bond donors (Lipinski definition) is 3. The van der Waals surface area contributed by atoms with Gasteiger partial charge in [-0.3, -0.25) is 0 Å². The van der Waals surface area contributed by atoms with Gasteiger partial charge in [-0.25, -0.2) is 0 Å². The van der Waals surface area contributed by atoms with E-state index in [-0.39, 0.29) is 18.7 Å². The van der Waals surface area contributed by atoms with Crippen molar-refractivity contribution in [1.29, 1.82) is 0 Å². The minimum Gasteiger partial charge on any atom is -0.395 e. The lowest BCUT2D eigenvalue weighted by molar-refractivity contribution is 0.118. The molecule has 0 aliphatic heterocycles. The molecule has 0 aliphatic carbocycles. The molecule has 0 fully saturated rings. The zero-order chi connectivity index (χ0) is 13.7.